The lowest BCUT2D eigenvalue weighted by molar-refractivity contribution is -0.113. The van der Waals surface area contributed by atoms with Crippen molar-refractivity contribution in [2.24, 2.45) is 0 Å². The monoisotopic (exact) mass is 364 g/mol. The van der Waals surface area contributed by atoms with Crippen LogP contribution < -0.4 is 5.32 Å². The predicted molar refractivity (Wildman–Crippen MR) is 97.7 cm³/mol. The number of carbonyl (C=O) groups excluding carboxylic acids is 1. The molecular formula is C17H21ClN4OS. The van der Waals surface area contributed by atoms with E-state index in [1.54, 1.807) is 12.1 Å². The molecule has 1 aliphatic rings. The summed E-state index contributed by atoms with van der Waals surface area (Å²) in [5.41, 5.74) is 0.705. The molecule has 7 heteroatoms. The molecule has 1 aromatic carbocycles. The number of benzene rings is 1. The van der Waals surface area contributed by atoms with Gasteiger partial charge in [-0.3, -0.25) is 4.79 Å². The Hall–Kier alpha value is -1.53. The van der Waals surface area contributed by atoms with Crippen LogP contribution in [0.25, 0.3) is 0 Å². The molecule has 1 heterocycles. The number of nitrogens with one attached hydrogen (secondary N) is 1. The molecule has 3 rings (SSSR count). The predicted octanol–water partition coefficient (Wildman–Crippen LogP) is 4.34. The van der Waals surface area contributed by atoms with Gasteiger partial charge in [0.1, 0.15) is 5.82 Å². The van der Waals surface area contributed by atoms with Crippen molar-refractivity contribution in [2.75, 3.05) is 11.1 Å². The minimum absolute atomic E-state index is 0.0738. The molecule has 1 N–H and O–H groups in total. The van der Waals surface area contributed by atoms with Crippen LogP contribution in [-0.2, 0) is 11.3 Å². The van der Waals surface area contributed by atoms with Gasteiger partial charge >= 0.3 is 0 Å². The first-order valence-electron chi connectivity index (χ1n) is 8.28. The van der Waals surface area contributed by atoms with E-state index in [1.807, 2.05) is 12.1 Å². The smallest absolute Gasteiger partial charge is 0.234 e. The van der Waals surface area contributed by atoms with Crippen molar-refractivity contribution in [3.63, 3.8) is 0 Å². The van der Waals surface area contributed by atoms with Gasteiger partial charge in [0.2, 0.25) is 5.91 Å². The van der Waals surface area contributed by atoms with Gasteiger partial charge in [0.15, 0.2) is 5.16 Å². The molecule has 2 aromatic rings. The Labute approximate surface area is 151 Å². The van der Waals surface area contributed by atoms with E-state index in [0.717, 1.165) is 17.5 Å². The molecule has 0 aliphatic heterocycles. The highest BCUT2D eigenvalue weighted by Gasteiger charge is 2.24. The second kappa shape index (κ2) is 8.03. The van der Waals surface area contributed by atoms with E-state index >= 15 is 0 Å². The topological polar surface area (TPSA) is 59.8 Å². The second-order valence-electron chi connectivity index (χ2n) is 5.91. The van der Waals surface area contributed by atoms with Gasteiger partial charge in [-0.25, -0.2) is 0 Å². The fourth-order valence-electron chi connectivity index (χ4n) is 3.08. The van der Waals surface area contributed by atoms with Crippen molar-refractivity contribution >= 4 is 35.0 Å². The number of anilines is 1. The first-order valence-corrected chi connectivity index (χ1v) is 9.65. The lowest BCUT2D eigenvalue weighted by Gasteiger charge is -2.11. The van der Waals surface area contributed by atoms with Crippen LogP contribution in [-0.4, -0.2) is 26.4 Å². The largest absolute Gasteiger partial charge is 0.325 e. The molecule has 0 radical (unpaired) electrons. The number of halogens is 1. The van der Waals surface area contributed by atoms with Gasteiger partial charge in [-0.05, 0) is 38.0 Å². The average Bonchev–Trinajstić information content (AvgIpc) is 3.21. The lowest BCUT2D eigenvalue weighted by Crippen LogP contribution is -2.15. The fraction of sp³-hybridized carbons (Fsp3) is 0.471. The van der Waals surface area contributed by atoms with E-state index < -0.39 is 0 Å². The Morgan fingerprint density at radius 2 is 2.17 bits per heavy atom. The molecule has 1 fully saturated rings. The Balaban J connectivity index is 1.60. The summed E-state index contributed by atoms with van der Waals surface area (Å²) in [6, 6.07) is 7.14. The van der Waals surface area contributed by atoms with Crippen LogP contribution in [0.2, 0.25) is 5.02 Å². The third-order valence-corrected chi connectivity index (χ3v) is 5.42. The van der Waals surface area contributed by atoms with E-state index in [9.17, 15) is 4.79 Å². The highest BCUT2D eigenvalue weighted by Crippen LogP contribution is 2.34. The minimum Gasteiger partial charge on any atom is -0.325 e. The third kappa shape index (κ3) is 4.11. The molecule has 1 aromatic heterocycles. The van der Waals surface area contributed by atoms with Crippen molar-refractivity contribution < 1.29 is 4.79 Å². The summed E-state index contributed by atoms with van der Waals surface area (Å²) in [5.74, 6) is 1.82. The van der Waals surface area contributed by atoms with Crippen LogP contribution in [0.15, 0.2) is 29.4 Å². The number of rotatable bonds is 6. The maximum Gasteiger partial charge on any atom is 0.234 e. The van der Waals surface area contributed by atoms with Crippen molar-refractivity contribution in [2.45, 2.75) is 50.2 Å². The number of thioether (sulfide) groups is 1. The van der Waals surface area contributed by atoms with Gasteiger partial charge in [-0.2, -0.15) is 0 Å². The average molecular weight is 365 g/mol. The Morgan fingerprint density at radius 1 is 1.38 bits per heavy atom. The highest BCUT2D eigenvalue weighted by atomic mass is 35.5. The normalized spacial score (nSPS) is 14.9. The second-order valence-corrected chi connectivity index (χ2v) is 7.29. The summed E-state index contributed by atoms with van der Waals surface area (Å²) in [7, 11) is 0. The number of hydrogen-bond acceptors (Lipinski definition) is 4. The van der Waals surface area contributed by atoms with Gasteiger partial charge in [-0.1, -0.05) is 42.3 Å². The minimum atomic E-state index is -0.0738. The van der Waals surface area contributed by atoms with Gasteiger partial charge in [-0.15, -0.1) is 10.2 Å². The number of amides is 1. The summed E-state index contributed by atoms with van der Waals surface area (Å²) in [5, 5.41) is 13.0. The van der Waals surface area contributed by atoms with Gasteiger partial charge < -0.3 is 9.88 Å². The van der Waals surface area contributed by atoms with E-state index in [2.05, 4.69) is 27.0 Å². The van der Waals surface area contributed by atoms with Gasteiger partial charge in [0, 0.05) is 23.2 Å². The Bertz CT molecular complexity index is 712. The number of carbonyl (C=O) groups is 1. The molecule has 1 amide bonds. The van der Waals surface area contributed by atoms with E-state index in [4.69, 9.17) is 11.6 Å². The van der Waals surface area contributed by atoms with E-state index in [-0.39, 0.29) is 5.91 Å². The molecule has 128 valence electrons. The third-order valence-electron chi connectivity index (χ3n) is 4.22. The first kappa shape index (κ1) is 17.3. The molecule has 0 unspecified atom stereocenters. The summed E-state index contributed by atoms with van der Waals surface area (Å²) >= 11 is 7.35. The zero-order valence-corrected chi connectivity index (χ0v) is 15.2. The number of hydrogen-bond donors (Lipinski definition) is 1. The maximum atomic E-state index is 12.1. The fourth-order valence-corrected chi connectivity index (χ4v) is 4.08. The summed E-state index contributed by atoms with van der Waals surface area (Å²) in [6.07, 6.45) is 4.92. The summed E-state index contributed by atoms with van der Waals surface area (Å²) < 4.78 is 2.15. The molecule has 5 nitrogen and oxygen atoms in total. The SMILES string of the molecule is CCn1c(SCC(=O)Nc2cccc(Cl)c2)nnc1C1CCCC1. The van der Waals surface area contributed by atoms with Crippen LogP contribution in [0.3, 0.4) is 0 Å². The Kier molecular flexibility index (Phi) is 5.79. The molecule has 1 saturated carbocycles. The van der Waals surface area contributed by atoms with Crippen LogP contribution in [0.4, 0.5) is 5.69 Å². The van der Waals surface area contributed by atoms with Gasteiger partial charge in [0.05, 0.1) is 5.75 Å². The lowest BCUT2D eigenvalue weighted by atomic mass is 10.1. The quantitative estimate of drug-likeness (QED) is 0.774. The molecule has 0 saturated heterocycles. The molecule has 0 bridgehead atoms. The van der Waals surface area contributed by atoms with E-state index in [1.165, 1.54) is 37.4 Å². The molecular weight excluding hydrogens is 344 g/mol. The molecule has 0 spiro atoms. The summed E-state index contributed by atoms with van der Waals surface area (Å²) in [6.45, 7) is 2.93. The van der Waals surface area contributed by atoms with Crippen molar-refractivity contribution in [3.05, 3.63) is 35.1 Å². The van der Waals surface area contributed by atoms with Crippen LogP contribution in [0, 0.1) is 0 Å². The molecule has 24 heavy (non-hydrogen) atoms. The first-order chi connectivity index (χ1) is 11.7. The summed E-state index contributed by atoms with van der Waals surface area (Å²) in [4.78, 5) is 12.1. The number of aromatic nitrogens is 3. The maximum absolute atomic E-state index is 12.1. The van der Waals surface area contributed by atoms with Crippen LogP contribution in [0.1, 0.15) is 44.3 Å². The molecule has 0 atom stereocenters. The van der Waals surface area contributed by atoms with Crippen LogP contribution >= 0.6 is 23.4 Å². The van der Waals surface area contributed by atoms with Gasteiger partial charge in [0.25, 0.3) is 0 Å². The zero-order valence-electron chi connectivity index (χ0n) is 13.7. The van der Waals surface area contributed by atoms with Crippen molar-refractivity contribution in [1.82, 2.24) is 14.8 Å². The Morgan fingerprint density at radius 3 is 2.88 bits per heavy atom. The van der Waals surface area contributed by atoms with Crippen molar-refractivity contribution in [3.8, 4) is 0 Å². The van der Waals surface area contributed by atoms with E-state index in [0.29, 0.717) is 22.4 Å². The van der Waals surface area contributed by atoms with Crippen molar-refractivity contribution in [1.29, 1.82) is 0 Å². The standard InChI is InChI=1S/C17H21ClN4OS/c1-2-22-16(12-6-3-4-7-12)20-21-17(22)24-11-15(23)19-14-9-5-8-13(18)10-14/h5,8-10,12H,2-4,6-7,11H2,1H3,(H,19,23). The number of nitrogens with zero attached hydrogens (tertiary/aromatic N) is 3. The highest BCUT2D eigenvalue weighted by molar-refractivity contribution is 7.99. The van der Waals surface area contributed by atoms with Crippen LogP contribution in [0.5, 0.6) is 0 Å². The zero-order chi connectivity index (χ0) is 16.9. The molecule has 1 aliphatic carbocycles.